The normalized spacial score (nSPS) is 9.69. The van der Waals surface area contributed by atoms with Gasteiger partial charge in [0, 0.05) is 0 Å². The Hall–Kier alpha value is -1.35. The summed E-state index contributed by atoms with van der Waals surface area (Å²) >= 11 is 0. The van der Waals surface area contributed by atoms with E-state index in [4.69, 9.17) is 4.84 Å². The van der Waals surface area contributed by atoms with Gasteiger partial charge in [0.25, 0.3) is 0 Å². The topological polar surface area (TPSA) is 29.5 Å². The van der Waals surface area contributed by atoms with Crippen LogP contribution in [0.2, 0.25) is 0 Å². The molecule has 0 aliphatic rings. The van der Waals surface area contributed by atoms with E-state index in [0.29, 0.717) is 13.0 Å². The van der Waals surface area contributed by atoms with Crippen LogP contribution in [0.1, 0.15) is 12.5 Å². The van der Waals surface area contributed by atoms with Gasteiger partial charge in [0.05, 0.1) is 12.3 Å². The van der Waals surface area contributed by atoms with Crippen LogP contribution >= 0.6 is 0 Å². The van der Waals surface area contributed by atoms with E-state index in [9.17, 15) is 4.79 Å². The molecule has 3 heteroatoms. The molecule has 0 unspecified atom stereocenters. The monoisotopic (exact) mass is 179 g/mol. The molecule has 0 heterocycles. The Morgan fingerprint density at radius 1 is 1.54 bits per heavy atom. The van der Waals surface area contributed by atoms with Gasteiger partial charge in [0.1, 0.15) is 0 Å². The van der Waals surface area contributed by atoms with Gasteiger partial charge in [-0.2, -0.15) is 5.06 Å². The predicted octanol–water partition coefficient (Wildman–Crippen LogP) is 1.91. The molecule has 0 spiro atoms. The maximum Gasteiger partial charge on any atom is 0.238 e. The van der Waals surface area contributed by atoms with Crippen LogP contribution < -0.4 is 5.06 Å². The van der Waals surface area contributed by atoms with Crippen molar-refractivity contribution < 1.29 is 9.63 Å². The maximum absolute atomic E-state index is 10.6. The molecule has 0 bridgehead atoms. The molecule has 0 atom stereocenters. The Morgan fingerprint density at radius 2 is 2.31 bits per heavy atom. The second-order valence-electron chi connectivity index (χ2n) is 2.69. The number of hydrogen-bond acceptors (Lipinski definition) is 2. The maximum atomic E-state index is 10.6. The van der Waals surface area contributed by atoms with E-state index in [1.165, 1.54) is 5.06 Å². The second kappa shape index (κ2) is 4.62. The first-order valence-corrected chi connectivity index (χ1v) is 4.22. The molecule has 3 nitrogen and oxygen atoms in total. The lowest BCUT2D eigenvalue weighted by Crippen LogP contribution is -2.21. The highest BCUT2D eigenvalue weighted by molar-refractivity contribution is 5.72. The largest absolute Gasteiger partial charge is 0.276 e. The molecule has 1 rings (SSSR count). The molecule has 0 saturated heterocycles. The van der Waals surface area contributed by atoms with E-state index in [1.807, 2.05) is 38.1 Å². The molecule has 0 fully saturated rings. The summed E-state index contributed by atoms with van der Waals surface area (Å²) in [7, 11) is 0. The van der Waals surface area contributed by atoms with Gasteiger partial charge in [-0.05, 0) is 31.5 Å². The zero-order chi connectivity index (χ0) is 9.68. The average molecular weight is 179 g/mol. The van der Waals surface area contributed by atoms with Crippen molar-refractivity contribution in [3.63, 3.8) is 0 Å². The Morgan fingerprint density at radius 3 is 2.85 bits per heavy atom. The Kier molecular flexibility index (Phi) is 3.46. The third-order valence-electron chi connectivity index (χ3n) is 1.62. The van der Waals surface area contributed by atoms with Crippen LogP contribution in [0, 0.1) is 6.92 Å². The summed E-state index contributed by atoms with van der Waals surface area (Å²) < 4.78 is 0. The first-order chi connectivity index (χ1) is 6.27. The Bertz CT molecular complexity index is 286. The second-order valence-corrected chi connectivity index (χ2v) is 2.69. The number of aryl methyl sites for hydroxylation is 1. The number of benzene rings is 1. The number of anilines is 1. The SMILES string of the molecule is CCON(C=O)c1cccc(C)c1. The first kappa shape index (κ1) is 9.74. The lowest BCUT2D eigenvalue weighted by Gasteiger charge is -2.15. The van der Waals surface area contributed by atoms with Gasteiger partial charge in [-0.3, -0.25) is 9.63 Å². The molecule has 1 aromatic rings. The molecule has 0 radical (unpaired) electrons. The van der Waals surface area contributed by atoms with Gasteiger partial charge < -0.3 is 0 Å². The molecular weight excluding hydrogens is 166 g/mol. The molecule has 1 amide bonds. The minimum atomic E-state index is 0.479. The summed E-state index contributed by atoms with van der Waals surface area (Å²) in [4.78, 5) is 15.7. The fourth-order valence-corrected chi connectivity index (χ4v) is 1.07. The predicted molar refractivity (Wildman–Crippen MR) is 51.3 cm³/mol. The van der Waals surface area contributed by atoms with Crippen molar-refractivity contribution in [1.82, 2.24) is 0 Å². The summed E-state index contributed by atoms with van der Waals surface area (Å²) in [5.41, 5.74) is 1.86. The lowest BCUT2D eigenvalue weighted by atomic mass is 10.2. The number of hydroxylamine groups is 1. The van der Waals surface area contributed by atoms with Crippen LogP contribution in [0.5, 0.6) is 0 Å². The van der Waals surface area contributed by atoms with Crippen molar-refractivity contribution in [2.75, 3.05) is 11.7 Å². The smallest absolute Gasteiger partial charge is 0.238 e. The molecule has 13 heavy (non-hydrogen) atoms. The van der Waals surface area contributed by atoms with Crippen molar-refractivity contribution in [2.45, 2.75) is 13.8 Å². The van der Waals surface area contributed by atoms with E-state index in [-0.39, 0.29) is 0 Å². The van der Waals surface area contributed by atoms with Crippen molar-refractivity contribution in [2.24, 2.45) is 0 Å². The zero-order valence-electron chi connectivity index (χ0n) is 7.86. The van der Waals surface area contributed by atoms with Gasteiger partial charge >= 0.3 is 0 Å². The van der Waals surface area contributed by atoms with Crippen molar-refractivity contribution >= 4 is 12.1 Å². The van der Waals surface area contributed by atoms with Crippen LogP contribution in [0.4, 0.5) is 5.69 Å². The van der Waals surface area contributed by atoms with Gasteiger partial charge in [0.15, 0.2) is 0 Å². The summed E-state index contributed by atoms with van der Waals surface area (Å²) in [5, 5.41) is 1.23. The number of nitrogens with zero attached hydrogens (tertiary/aromatic N) is 1. The van der Waals surface area contributed by atoms with Crippen molar-refractivity contribution in [3.8, 4) is 0 Å². The number of rotatable bonds is 4. The molecule has 0 N–H and O–H groups in total. The highest BCUT2D eigenvalue weighted by atomic mass is 16.7. The Balaban J connectivity index is 2.84. The van der Waals surface area contributed by atoms with E-state index < -0.39 is 0 Å². The van der Waals surface area contributed by atoms with Crippen LogP contribution in [0.15, 0.2) is 24.3 Å². The molecule has 1 aromatic carbocycles. The lowest BCUT2D eigenvalue weighted by molar-refractivity contribution is -0.113. The van der Waals surface area contributed by atoms with Crippen molar-refractivity contribution in [1.29, 1.82) is 0 Å². The molecule has 0 saturated carbocycles. The quantitative estimate of drug-likeness (QED) is 0.522. The molecule has 0 aliphatic heterocycles. The summed E-state index contributed by atoms with van der Waals surface area (Å²) in [5.74, 6) is 0. The van der Waals surface area contributed by atoms with Gasteiger partial charge in [-0.1, -0.05) is 12.1 Å². The number of carbonyl (C=O) groups excluding carboxylic acids is 1. The molecule has 0 aromatic heterocycles. The highest BCUT2D eigenvalue weighted by Gasteiger charge is 2.03. The fourth-order valence-electron chi connectivity index (χ4n) is 1.07. The average Bonchev–Trinajstić information content (AvgIpc) is 2.14. The third-order valence-corrected chi connectivity index (χ3v) is 1.62. The van der Waals surface area contributed by atoms with Crippen LogP contribution in [0.25, 0.3) is 0 Å². The summed E-state index contributed by atoms with van der Waals surface area (Å²) in [6, 6.07) is 7.58. The van der Waals surface area contributed by atoms with Gasteiger partial charge in [-0.25, -0.2) is 0 Å². The fraction of sp³-hybridized carbons (Fsp3) is 0.300. The molecular formula is C10H13NO2. The standard InChI is InChI=1S/C10H13NO2/c1-3-13-11(8-12)10-6-4-5-9(2)7-10/h4-8H,3H2,1-2H3. The minimum Gasteiger partial charge on any atom is -0.276 e. The third kappa shape index (κ3) is 2.56. The van der Waals surface area contributed by atoms with E-state index in [0.717, 1.165) is 11.3 Å². The van der Waals surface area contributed by atoms with E-state index in [2.05, 4.69) is 0 Å². The van der Waals surface area contributed by atoms with E-state index in [1.54, 1.807) is 0 Å². The highest BCUT2D eigenvalue weighted by Crippen LogP contribution is 2.14. The van der Waals surface area contributed by atoms with Gasteiger partial charge in [-0.15, -0.1) is 0 Å². The first-order valence-electron chi connectivity index (χ1n) is 4.22. The number of hydrogen-bond donors (Lipinski definition) is 0. The van der Waals surface area contributed by atoms with Crippen LogP contribution in [0.3, 0.4) is 0 Å². The van der Waals surface area contributed by atoms with E-state index >= 15 is 0 Å². The number of carbonyl (C=O) groups is 1. The Labute approximate surface area is 77.9 Å². The number of amides is 1. The summed E-state index contributed by atoms with van der Waals surface area (Å²) in [6.45, 7) is 4.29. The molecule has 70 valence electrons. The zero-order valence-corrected chi connectivity index (χ0v) is 7.86. The van der Waals surface area contributed by atoms with Crippen LogP contribution in [-0.2, 0) is 9.63 Å². The minimum absolute atomic E-state index is 0.479. The van der Waals surface area contributed by atoms with Crippen molar-refractivity contribution in [3.05, 3.63) is 29.8 Å². The molecule has 0 aliphatic carbocycles. The van der Waals surface area contributed by atoms with Crippen LogP contribution in [-0.4, -0.2) is 13.0 Å². The van der Waals surface area contributed by atoms with Gasteiger partial charge in [0.2, 0.25) is 6.41 Å². The summed E-state index contributed by atoms with van der Waals surface area (Å²) in [6.07, 6.45) is 0.665.